The van der Waals surface area contributed by atoms with Crippen LogP contribution < -0.4 is 9.62 Å². The molecule has 2 aromatic rings. The molecule has 0 radical (unpaired) electrons. The van der Waals surface area contributed by atoms with Crippen molar-refractivity contribution in [2.75, 3.05) is 15.9 Å². The highest BCUT2D eigenvalue weighted by molar-refractivity contribution is 7.92. The van der Waals surface area contributed by atoms with Gasteiger partial charge in [0.25, 0.3) is 0 Å². The topological polar surface area (TPSA) is 66.5 Å². The van der Waals surface area contributed by atoms with Crippen LogP contribution in [-0.2, 0) is 21.2 Å². The monoisotopic (exact) mass is 374 g/mol. The summed E-state index contributed by atoms with van der Waals surface area (Å²) >= 11 is 0. The normalized spacial score (nSPS) is 12.5. The quantitative estimate of drug-likeness (QED) is 0.839. The standard InChI is InChI=1S/C20H26N2O3S/c1-6-17-8-11-19(12-9-17)22(26(5,24)25)16(4)20(23)21-18-10-7-14(2)15(3)13-18/h7-13,16H,6H2,1-5H3,(H,21,23)/t16-/m1/s1. The summed E-state index contributed by atoms with van der Waals surface area (Å²) in [4.78, 5) is 12.7. The van der Waals surface area contributed by atoms with Crippen molar-refractivity contribution < 1.29 is 13.2 Å². The predicted molar refractivity (Wildman–Crippen MR) is 107 cm³/mol. The molecule has 1 atom stereocenters. The highest BCUT2D eigenvalue weighted by Gasteiger charge is 2.29. The van der Waals surface area contributed by atoms with Gasteiger partial charge in [0, 0.05) is 5.69 Å². The van der Waals surface area contributed by atoms with Gasteiger partial charge in [-0.05, 0) is 68.1 Å². The van der Waals surface area contributed by atoms with Crippen molar-refractivity contribution in [1.29, 1.82) is 0 Å². The van der Waals surface area contributed by atoms with Gasteiger partial charge in [-0.15, -0.1) is 0 Å². The number of sulfonamides is 1. The van der Waals surface area contributed by atoms with Crippen LogP contribution in [-0.4, -0.2) is 26.6 Å². The molecule has 0 bridgehead atoms. The van der Waals surface area contributed by atoms with Gasteiger partial charge in [0.05, 0.1) is 11.9 Å². The van der Waals surface area contributed by atoms with Crippen molar-refractivity contribution in [2.24, 2.45) is 0 Å². The Bertz CT molecular complexity index is 890. The van der Waals surface area contributed by atoms with Gasteiger partial charge in [-0.3, -0.25) is 9.10 Å². The van der Waals surface area contributed by atoms with Gasteiger partial charge in [-0.2, -0.15) is 0 Å². The number of carbonyl (C=O) groups excluding carboxylic acids is 1. The first-order valence-corrected chi connectivity index (χ1v) is 10.4. The Balaban J connectivity index is 2.29. The Hall–Kier alpha value is -2.34. The second-order valence-corrected chi connectivity index (χ2v) is 8.40. The third kappa shape index (κ3) is 4.64. The summed E-state index contributed by atoms with van der Waals surface area (Å²) in [6.45, 7) is 7.58. The van der Waals surface area contributed by atoms with Crippen LogP contribution in [0.15, 0.2) is 42.5 Å². The number of hydrogen-bond donors (Lipinski definition) is 1. The third-order valence-corrected chi connectivity index (χ3v) is 5.70. The van der Waals surface area contributed by atoms with E-state index in [2.05, 4.69) is 5.32 Å². The summed E-state index contributed by atoms with van der Waals surface area (Å²) in [5.74, 6) is -0.377. The van der Waals surface area contributed by atoms with E-state index in [0.717, 1.165) is 33.7 Å². The van der Waals surface area contributed by atoms with E-state index in [-0.39, 0.29) is 5.91 Å². The second-order valence-electron chi connectivity index (χ2n) is 6.54. The Morgan fingerprint density at radius 2 is 1.69 bits per heavy atom. The lowest BCUT2D eigenvalue weighted by Gasteiger charge is -2.28. The summed E-state index contributed by atoms with van der Waals surface area (Å²) in [7, 11) is -3.62. The summed E-state index contributed by atoms with van der Waals surface area (Å²) in [6, 6.07) is 12.0. The van der Waals surface area contributed by atoms with Crippen LogP contribution >= 0.6 is 0 Å². The number of benzene rings is 2. The molecular weight excluding hydrogens is 348 g/mol. The predicted octanol–water partition coefficient (Wildman–Crippen LogP) is 3.66. The SMILES string of the molecule is CCc1ccc(N([C@H](C)C(=O)Nc2ccc(C)c(C)c2)S(C)(=O)=O)cc1. The van der Waals surface area contributed by atoms with Crippen LogP contribution in [0, 0.1) is 13.8 Å². The van der Waals surface area contributed by atoms with Crippen LogP contribution in [0.1, 0.15) is 30.5 Å². The first kappa shape index (κ1) is 20.0. The van der Waals surface area contributed by atoms with Crippen molar-refractivity contribution in [3.05, 3.63) is 59.2 Å². The zero-order valence-corrected chi connectivity index (χ0v) is 16.7. The molecule has 0 aliphatic heterocycles. The van der Waals surface area contributed by atoms with E-state index >= 15 is 0 Å². The Morgan fingerprint density at radius 1 is 1.08 bits per heavy atom. The summed E-state index contributed by atoms with van der Waals surface area (Å²) < 4.78 is 25.8. The third-order valence-electron chi connectivity index (χ3n) is 4.46. The molecule has 0 aliphatic carbocycles. The number of anilines is 2. The van der Waals surface area contributed by atoms with Crippen molar-refractivity contribution >= 4 is 27.3 Å². The molecule has 0 saturated heterocycles. The zero-order valence-electron chi connectivity index (χ0n) is 15.9. The molecule has 0 heterocycles. The molecule has 6 heteroatoms. The number of aryl methyl sites for hydroxylation is 3. The molecule has 1 N–H and O–H groups in total. The first-order chi connectivity index (χ1) is 12.1. The van der Waals surface area contributed by atoms with Gasteiger partial charge < -0.3 is 5.32 Å². The number of nitrogens with one attached hydrogen (secondary N) is 1. The summed E-state index contributed by atoms with van der Waals surface area (Å²) in [6.07, 6.45) is 1.97. The van der Waals surface area contributed by atoms with Gasteiger partial charge in [-0.25, -0.2) is 8.42 Å². The molecular formula is C20H26N2O3S. The number of amides is 1. The first-order valence-electron chi connectivity index (χ1n) is 8.60. The lowest BCUT2D eigenvalue weighted by Crippen LogP contribution is -2.45. The molecule has 0 aromatic heterocycles. The van der Waals surface area contributed by atoms with Crippen LogP contribution in [0.5, 0.6) is 0 Å². The molecule has 26 heavy (non-hydrogen) atoms. The molecule has 0 spiro atoms. The van der Waals surface area contributed by atoms with E-state index in [4.69, 9.17) is 0 Å². The minimum absolute atomic E-state index is 0.377. The molecule has 5 nitrogen and oxygen atoms in total. The molecule has 140 valence electrons. The zero-order chi connectivity index (χ0) is 19.5. The van der Waals surface area contributed by atoms with E-state index in [9.17, 15) is 13.2 Å². The molecule has 0 fully saturated rings. The molecule has 0 aliphatic rings. The van der Waals surface area contributed by atoms with E-state index in [0.29, 0.717) is 11.4 Å². The summed E-state index contributed by atoms with van der Waals surface area (Å²) in [5, 5.41) is 2.81. The number of carbonyl (C=O) groups is 1. The molecule has 0 unspecified atom stereocenters. The van der Waals surface area contributed by atoms with Crippen molar-refractivity contribution in [1.82, 2.24) is 0 Å². The lowest BCUT2D eigenvalue weighted by atomic mass is 10.1. The molecule has 1 amide bonds. The van der Waals surface area contributed by atoms with Gasteiger partial charge in [0.2, 0.25) is 15.9 Å². The maximum atomic E-state index is 12.7. The van der Waals surface area contributed by atoms with E-state index < -0.39 is 16.1 Å². The lowest BCUT2D eigenvalue weighted by molar-refractivity contribution is -0.116. The van der Waals surface area contributed by atoms with E-state index in [1.807, 2.05) is 51.1 Å². The van der Waals surface area contributed by atoms with Crippen LogP contribution in [0.25, 0.3) is 0 Å². The minimum atomic E-state index is -3.62. The Labute approximate surface area is 156 Å². The maximum absolute atomic E-state index is 12.7. The van der Waals surface area contributed by atoms with E-state index in [1.54, 1.807) is 19.1 Å². The Morgan fingerprint density at radius 3 is 2.19 bits per heavy atom. The van der Waals surface area contributed by atoms with Gasteiger partial charge in [0.1, 0.15) is 6.04 Å². The molecule has 0 saturated carbocycles. The fraction of sp³-hybridized carbons (Fsp3) is 0.350. The number of rotatable bonds is 6. The molecule has 2 aromatic carbocycles. The summed E-state index contributed by atoms with van der Waals surface area (Å²) in [5.41, 5.74) is 4.43. The average molecular weight is 375 g/mol. The van der Waals surface area contributed by atoms with Crippen molar-refractivity contribution in [3.8, 4) is 0 Å². The highest BCUT2D eigenvalue weighted by atomic mass is 32.2. The number of nitrogens with zero attached hydrogens (tertiary/aromatic N) is 1. The van der Waals surface area contributed by atoms with Crippen molar-refractivity contribution in [2.45, 2.75) is 40.2 Å². The fourth-order valence-corrected chi connectivity index (χ4v) is 3.93. The van der Waals surface area contributed by atoms with Crippen LogP contribution in [0.2, 0.25) is 0 Å². The Kier molecular flexibility index (Phi) is 6.08. The van der Waals surface area contributed by atoms with Gasteiger partial charge in [-0.1, -0.05) is 25.1 Å². The maximum Gasteiger partial charge on any atom is 0.247 e. The fourth-order valence-electron chi connectivity index (χ4n) is 2.75. The van der Waals surface area contributed by atoms with Gasteiger partial charge >= 0.3 is 0 Å². The minimum Gasteiger partial charge on any atom is -0.324 e. The second kappa shape index (κ2) is 7.91. The largest absolute Gasteiger partial charge is 0.324 e. The smallest absolute Gasteiger partial charge is 0.247 e. The average Bonchev–Trinajstić information content (AvgIpc) is 2.57. The van der Waals surface area contributed by atoms with Crippen LogP contribution in [0.3, 0.4) is 0 Å². The molecule has 2 rings (SSSR count). The van der Waals surface area contributed by atoms with E-state index in [1.165, 1.54) is 0 Å². The number of hydrogen-bond acceptors (Lipinski definition) is 3. The van der Waals surface area contributed by atoms with Gasteiger partial charge in [0.15, 0.2) is 0 Å². The van der Waals surface area contributed by atoms with Crippen molar-refractivity contribution in [3.63, 3.8) is 0 Å². The highest BCUT2D eigenvalue weighted by Crippen LogP contribution is 2.23. The van der Waals surface area contributed by atoms with Crippen LogP contribution in [0.4, 0.5) is 11.4 Å².